The zero-order valence-electron chi connectivity index (χ0n) is 17.8. The fourth-order valence-corrected chi connectivity index (χ4v) is 5.02. The Balaban J connectivity index is 1.61. The van der Waals surface area contributed by atoms with Gasteiger partial charge in [0.25, 0.3) is 0 Å². The highest BCUT2D eigenvalue weighted by molar-refractivity contribution is 6.30. The third-order valence-electron chi connectivity index (χ3n) is 6.73. The number of rotatable bonds is 5. The number of guanidine groups is 1. The topological polar surface area (TPSA) is 56.7 Å². The Labute approximate surface area is 180 Å². The maximum absolute atomic E-state index is 11.7. The molecule has 160 valence electrons. The second-order valence-electron chi connectivity index (χ2n) is 8.56. The van der Waals surface area contributed by atoms with Gasteiger partial charge in [-0.15, -0.1) is 0 Å². The third-order valence-corrected chi connectivity index (χ3v) is 6.98. The summed E-state index contributed by atoms with van der Waals surface area (Å²) in [5.74, 6) is 1.61. The standard InChI is InChI=1S/C23H35ClN4O/c1-25-21(29)16-18-10-14-28(15-11-18)22(26-2)27-17-23(12-4-3-5-13-23)19-6-8-20(24)9-7-19/h6-9,18H,3-5,10-17H2,1-2H3,(H,25,29)(H,26,27). The molecular weight excluding hydrogens is 384 g/mol. The lowest BCUT2D eigenvalue weighted by Gasteiger charge is -2.40. The highest BCUT2D eigenvalue weighted by Crippen LogP contribution is 2.39. The van der Waals surface area contributed by atoms with E-state index in [1.54, 1.807) is 7.05 Å². The molecular formula is C23H35ClN4O. The van der Waals surface area contributed by atoms with Crippen LogP contribution in [0.2, 0.25) is 5.02 Å². The van der Waals surface area contributed by atoms with Crippen molar-refractivity contribution in [1.82, 2.24) is 15.5 Å². The Kier molecular flexibility index (Phi) is 7.82. The molecule has 1 saturated carbocycles. The van der Waals surface area contributed by atoms with E-state index >= 15 is 0 Å². The Hall–Kier alpha value is -1.75. The lowest BCUT2D eigenvalue weighted by Crippen LogP contribution is -2.50. The molecule has 1 amide bonds. The number of piperidine rings is 1. The van der Waals surface area contributed by atoms with E-state index in [0.717, 1.165) is 43.5 Å². The fourth-order valence-electron chi connectivity index (χ4n) is 4.89. The molecule has 2 N–H and O–H groups in total. The number of nitrogens with zero attached hydrogens (tertiary/aromatic N) is 2. The first kappa shape index (κ1) is 21.9. The first-order valence-electron chi connectivity index (χ1n) is 11.0. The summed E-state index contributed by atoms with van der Waals surface area (Å²) in [6, 6.07) is 8.42. The van der Waals surface area contributed by atoms with Crippen LogP contribution in [0, 0.1) is 5.92 Å². The number of carbonyl (C=O) groups is 1. The van der Waals surface area contributed by atoms with Crippen molar-refractivity contribution in [1.29, 1.82) is 0 Å². The predicted molar refractivity (Wildman–Crippen MR) is 121 cm³/mol. The van der Waals surface area contributed by atoms with Gasteiger partial charge < -0.3 is 15.5 Å². The van der Waals surface area contributed by atoms with Crippen LogP contribution in [0.15, 0.2) is 29.3 Å². The molecule has 0 unspecified atom stereocenters. The summed E-state index contributed by atoms with van der Waals surface area (Å²) in [5, 5.41) is 7.23. The zero-order chi connectivity index (χ0) is 20.7. The molecule has 1 aromatic carbocycles. The summed E-state index contributed by atoms with van der Waals surface area (Å²) in [6.45, 7) is 2.81. The van der Waals surface area contributed by atoms with Crippen molar-refractivity contribution in [3.63, 3.8) is 0 Å². The van der Waals surface area contributed by atoms with Crippen molar-refractivity contribution < 1.29 is 4.79 Å². The molecule has 2 aliphatic rings. The van der Waals surface area contributed by atoms with Crippen LogP contribution in [0.25, 0.3) is 0 Å². The molecule has 0 radical (unpaired) electrons. The van der Waals surface area contributed by atoms with Crippen molar-refractivity contribution in [3.05, 3.63) is 34.9 Å². The van der Waals surface area contributed by atoms with E-state index in [4.69, 9.17) is 11.6 Å². The number of likely N-dealkylation sites (tertiary alicyclic amines) is 1. The molecule has 1 aromatic rings. The van der Waals surface area contributed by atoms with Gasteiger partial charge in [-0.2, -0.15) is 0 Å². The summed E-state index contributed by atoms with van der Waals surface area (Å²) >= 11 is 6.13. The second-order valence-corrected chi connectivity index (χ2v) is 8.99. The van der Waals surface area contributed by atoms with E-state index in [0.29, 0.717) is 12.3 Å². The second kappa shape index (κ2) is 10.3. The summed E-state index contributed by atoms with van der Waals surface area (Å²) in [7, 11) is 3.58. The minimum absolute atomic E-state index is 0.146. The highest BCUT2D eigenvalue weighted by Gasteiger charge is 2.34. The minimum Gasteiger partial charge on any atom is -0.359 e. The number of aliphatic imine (C=N–C) groups is 1. The molecule has 0 atom stereocenters. The van der Waals surface area contributed by atoms with Crippen LogP contribution in [0.4, 0.5) is 0 Å². The number of amides is 1. The molecule has 29 heavy (non-hydrogen) atoms. The minimum atomic E-state index is 0.146. The highest BCUT2D eigenvalue weighted by atomic mass is 35.5. The summed E-state index contributed by atoms with van der Waals surface area (Å²) in [5.41, 5.74) is 1.53. The van der Waals surface area contributed by atoms with Gasteiger partial charge in [0.2, 0.25) is 5.91 Å². The smallest absolute Gasteiger partial charge is 0.220 e. The van der Waals surface area contributed by atoms with Crippen molar-refractivity contribution >= 4 is 23.5 Å². The van der Waals surface area contributed by atoms with E-state index in [1.807, 2.05) is 19.2 Å². The van der Waals surface area contributed by atoms with Crippen molar-refractivity contribution in [2.24, 2.45) is 10.9 Å². The first-order chi connectivity index (χ1) is 14.1. The Bertz CT molecular complexity index is 689. The molecule has 0 bridgehead atoms. The number of nitrogens with one attached hydrogen (secondary N) is 2. The van der Waals surface area contributed by atoms with Gasteiger partial charge in [-0.1, -0.05) is 43.0 Å². The van der Waals surface area contributed by atoms with E-state index in [-0.39, 0.29) is 11.3 Å². The van der Waals surface area contributed by atoms with Crippen molar-refractivity contribution in [2.75, 3.05) is 33.7 Å². The maximum Gasteiger partial charge on any atom is 0.220 e. The molecule has 1 aliphatic heterocycles. The molecule has 1 saturated heterocycles. The van der Waals surface area contributed by atoms with Crippen LogP contribution in [-0.4, -0.2) is 50.5 Å². The van der Waals surface area contributed by atoms with Gasteiger partial charge >= 0.3 is 0 Å². The average molecular weight is 419 g/mol. The quantitative estimate of drug-likeness (QED) is 0.562. The van der Waals surface area contributed by atoms with Gasteiger partial charge in [-0.3, -0.25) is 9.79 Å². The summed E-state index contributed by atoms with van der Waals surface area (Å²) in [6.07, 6.45) is 8.98. The molecule has 0 spiro atoms. The lowest BCUT2D eigenvalue weighted by atomic mass is 9.69. The number of halogens is 1. The molecule has 5 nitrogen and oxygen atoms in total. The Morgan fingerprint density at radius 1 is 1.17 bits per heavy atom. The molecule has 1 aliphatic carbocycles. The monoisotopic (exact) mass is 418 g/mol. The van der Waals surface area contributed by atoms with Gasteiger partial charge in [0.05, 0.1) is 0 Å². The van der Waals surface area contributed by atoms with E-state index in [2.05, 4.69) is 32.7 Å². The lowest BCUT2D eigenvalue weighted by molar-refractivity contribution is -0.121. The van der Waals surface area contributed by atoms with Crippen LogP contribution in [0.1, 0.15) is 56.9 Å². The Morgan fingerprint density at radius 2 is 1.83 bits per heavy atom. The van der Waals surface area contributed by atoms with E-state index in [1.165, 1.54) is 37.7 Å². The van der Waals surface area contributed by atoms with Crippen LogP contribution in [-0.2, 0) is 10.2 Å². The van der Waals surface area contributed by atoms with Crippen molar-refractivity contribution in [2.45, 2.75) is 56.8 Å². The fraction of sp³-hybridized carbons (Fsp3) is 0.652. The number of hydrogen-bond acceptors (Lipinski definition) is 2. The van der Waals surface area contributed by atoms with Crippen LogP contribution in [0.3, 0.4) is 0 Å². The van der Waals surface area contributed by atoms with Crippen LogP contribution in [0.5, 0.6) is 0 Å². The molecule has 2 fully saturated rings. The number of hydrogen-bond donors (Lipinski definition) is 2. The summed E-state index contributed by atoms with van der Waals surface area (Å²) < 4.78 is 0. The SMILES string of the molecule is CN=C(NCC1(c2ccc(Cl)cc2)CCCCC1)N1CCC(CC(=O)NC)CC1. The van der Waals surface area contributed by atoms with E-state index in [9.17, 15) is 4.79 Å². The van der Waals surface area contributed by atoms with Crippen molar-refractivity contribution in [3.8, 4) is 0 Å². The Morgan fingerprint density at radius 3 is 2.41 bits per heavy atom. The van der Waals surface area contributed by atoms with Gasteiger partial charge in [0.1, 0.15) is 0 Å². The average Bonchev–Trinajstić information content (AvgIpc) is 2.76. The normalized spacial score (nSPS) is 20.4. The predicted octanol–water partition coefficient (Wildman–Crippen LogP) is 3.97. The van der Waals surface area contributed by atoms with Gasteiger partial charge in [-0.05, 0) is 49.3 Å². The van der Waals surface area contributed by atoms with Gasteiger partial charge in [0, 0.05) is 50.6 Å². The maximum atomic E-state index is 11.7. The number of carbonyl (C=O) groups excluding carboxylic acids is 1. The zero-order valence-corrected chi connectivity index (χ0v) is 18.6. The first-order valence-corrected chi connectivity index (χ1v) is 11.4. The van der Waals surface area contributed by atoms with Gasteiger partial charge in [0.15, 0.2) is 5.96 Å². The van der Waals surface area contributed by atoms with Gasteiger partial charge in [-0.25, -0.2) is 0 Å². The van der Waals surface area contributed by atoms with E-state index < -0.39 is 0 Å². The molecule has 6 heteroatoms. The van der Waals surface area contributed by atoms with Crippen LogP contribution >= 0.6 is 11.6 Å². The molecule has 0 aromatic heterocycles. The van der Waals surface area contributed by atoms with Crippen LogP contribution < -0.4 is 10.6 Å². The number of benzene rings is 1. The largest absolute Gasteiger partial charge is 0.359 e. The third kappa shape index (κ3) is 5.65. The molecule has 1 heterocycles. The molecule has 3 rings (SSSR count). The summed E-state index contributed by atoms with van der Waals surface area (Å²) in [4.78, 5) is 18.6.